The first-order chi connectivity index (χ1) is 15.3. The van der Waals surface area contributed by atoms with E-state index in [2.05, 4.69) is 5.32 Å². The molecule has 0 atom stereocenters. The second-order valence-electron chi connectivity index (χ2n) is 8.00. The van der Waals surface area contributed by atoms with Crippen molar-refractivity contribution in [2.45, 2.75) is 25.6 Å². The highest BCUT2D eigenvalue weighted by atomic mass is 19.4. The molecule has 0 bridgehead atoms. The van der Waals surface area contributed by atoms with Gasteiger partial charge in [-0.3, -0.25) is 4.79 Å². The molecule has 0 spiro atoms. The van der Waals surface area contributed by atoms with Crippen LogP contribution < -0.4 is 15.1 Å². The zero-order valence-corrected chi connectivity index (χ0v) is 17.6. The Kier molecular flexibility index (Phi) is 6.25. The summed E-state index contributed by atoms with van der Waals surface area (Å²) in [6.45, 7) is 2.89. The first kappa shape index (κ1) is 22.0. The molecule has 32 heavy (non-hydrogen) atoms. The Bertz CT molecular complexity index is 970. The lowest BCUT2D eigenvalue weighted by atomic mass is 10.1. The highest BCUT2D eigenvalue weighted by molar-refractivity contribution is 5.95. The SMILES string of the molecule is O=C(NCc1ccc(N2CCCC2=O)cc1)N1CCN(c2cccc(C(F)(F)F)c2)CC1. The second kappa shape index (κ2) is 9.10. The van der Waals surface area contributed by atoms with Crippen molar-refractivity contribution in [2.24, 2.45) is 0 Å². The van der Waals surface area contributed by atoms with E-state index in [4.69, 9.17) is 0 Å². The Morgan fingerprint density at radius 1 is 0.938 bits per heavy atom. The highest BCUT2D eigenvalue weighted by Gasteiger charge is 2.31. The number of carbonyl (C=O) groups excluding carboxylic acids is 2. The molecule has 2 aliphatic rings. The van der Waals surface area contributed by atoms with Crippen LogP contribution in [0.4, 0.5) is 29.3 Å². The summed E-state index contributed by atoms with van der Waals surface area (Å²) in [4.78, 5) is 29.6. The summed E-state index contributed by atoms with van der Waals surface area (Å²) in [5.74, 6) is 0.135. The largest absolute Gasteiger partial charge is 0.416 e. The van der Waals surface area contributed by atoms with Gasteiger partial charge in [0.25, 0.3) is 0 Å². The van der Waals surface area contributed by atoms with Crippen LogP contribution in [0.3, 0.4) is 0 Å². The van der Waals surface area contributed by atoms with Crippen molar-refractivity contribution < 1.29 is 22.8 Å². The predicted octanol–water partition coefficient (Wildman–Crippen LogP) is 3.86. The van der Waals surface area contributed by atoms with E-state index < -0.39 is 11.7 Å². The van der Waals surface area contributed by atoms with Crippen molar-refractivity contribution in [3.8, 4) is 0 Å². The maximum absolute atomic E-state index is 12.9. The van der Waals surface area contributed by atoms with E-state index in [1.807, 2.05) is 29.2 Å². The van der Waals surface area contributed by atoms with Gasteiger partial charge in [-0.25, -0.2) is 4.79 Å². The predicted molar refractivity (Wildman–Crippen MR) is 115 cm³/mol. The molecule has 2 aromatic carbocycles. The monoisotopic (exact) mass is 446 g/mol. The molecule has 3 amide bonds. The summed E-state index contributed by atoms with van der Waals surface area (Å²) in [7, 11) is 0. The van der Waals surface area contributed by atoms with Crippen molar-refractivity contribution in [3.05, 3.63) is 59.7 Å². The first-order valence-electron chi connectivity index (χ1n) is 10.7. The fourth-order valence-electron chi connectivity index (χ4n) is 4.05. The maximum Gasteiger partial charge on any atom is 0.416 e. The lowest BCUT2D eigenvalue weighted by Crippen LogP contribution is -2.51. The summed E-state index contributed by atoms with van der Waals surface area (Å²) in [5, 5.41) is 2.89. The van der Waals surface area contributed by atoms with Gasteiger partial charge in [0.1, 0.15) is 0 Å². The van der Waals surface area contributed by atoms with Crippen molar-refractivity contribution in [2.75, 3.05) is 42.5 Å². The van der Waals surface area contributed by atoms with Crippen LogP contribution in [0.5, 0.6) is 0 Å². The normalized spacial score (nSPS) is 17.1. The highest BCUT2D eigenvalue weighted by Crippen LogP contribution is 2.32. The quantitative estimate of drug-likeness (QED) is 0.776. The van der Waals surface area contributed by atoms with E-state index >= 15 is 0 Å². The third-order valence-corrected chi connectivity index (χ3v) is 5.87. The van der Waals surface area contributed by atoms with Gasteiger partial charge in [-0.15, -0.1) is 0 Å². The third-order valence-electron chi connectivity index (χ3n) is 5.87. The van der Waals surface area contributed by atoms with Crippen LogP contribution >= 0.6 is 0 Å². The Morgan fingerprint density at radius 2 is 1.66 bits per heavy atom. The van der Waals surface area contributed by atoms with E-state index in [1.54, 1.807) is 15.9 Å². The van der Waals surface area contributed by atoms with Crippen molar-refractivity contribution in [1.29, 1.82) is 0 Å². The summed E-state index contributed by atoms with van der Waals surface area (Å²) >= 11 is 0. The van der Waals surface area contributed by atoms with Crippen LogP contribution in [-0.4, -0.2) is 49.6 Å². The van der Waals surface area contributed by atoms with E-state index in [0.717, 1.165) is 36.3 Å². The van der Waals surface area contributed by atoms with E-state index in [1.165, 1.54) is 6.07 Å². The summed E-state index contributed by atoms with van der Waals surface area (Å²) in [6, 6.07) is 12.6. The molecule has 0 aromatic heterocycles. The maximum atomic E-state index is 12.9. The molecule has 4 rings (SSSR count). The van der Waals surface area contributed by atoms with Gasteiger partial charge in [-0.05, 0) is 42.3 Å². The van der Waals surface area contributed by atoms with Gasteiger partial charge in [0, 0.05) is 57.1 Å². The second-order valence-corrected chi connectivity index (χ2v) is 8.00. The Balaban J connectivity index is 1.26. The fourth-order valence-corrected chi connectivity index (χ4v) is 4.05. The number of halogens is 3. The van der Waals surface area contributed by atoms with Crippen LogP contribution in [0.2, 0.25) is 0 Å². The minimum atomic E-state index is -4.38. The van der Waals surface area contributed by atoms with Crippen molar-refractivity contribution in [3.63, 3.8) is 0 Å². The van der Waals surface area contributed by atoms with E-state index in [-0.39, 0.29) is 11.9 Å². The molecule has 0 saturated carbocycles. The molecule has 0 unspecified atom stereocenters. The molecule has 1 N–H and O–H groups in total. The summed E-state index contributed by atoms with van der Waals surface area (Å²) in [6.07, 6.45) is -2.92. The Labute approximate surface area is 184 Å². The Hall–Kier alpha value is -3.23. The van der Waals surface area contributed by atoms with Crippen LogP contribution in [0.1, 0.15) is 24.0 Å². The number of nitrogens with one attached hydrogen (secondary N) is 1. The minimum Gasteiger partial charge on any atom is -0.368 e. The molecule has 9 heteroatoms. The summed E-state index contributed by atoms with van der Waals surface area (Å²) in [5.41, 5.74) is 1.64. The number of piperazine rings is 1. The van der Waals surface area contributed by atoms with Crippen molar-refractivity contribution >= 4 is 23.3 Å². The molecule has 2 saturated heterocycles. The number of carbonyl (C=O) groups is 2. The topological polar surface area (TPSA) is 55.9 Å². The number of anilines is 2. The molecular formula is C23H25F3N4O2. The molecule has 2 aliphatic heterocycles. The lowest BCUT2D eigenvalue weighted by Gasteiger charge is -2.36. The molecule has 6 nitrogen and oxygen atoms in total. The third kappa shape index (κ3) is 4.98. The number of benzene rings is 2. The molecule has 170 valence electrons. The smallest absolute Gasteiger partial charge is 0.368 e. The molecule has 2 aromatic rings. The van der Waals surface area contributed by atoms with E-state index in [9.17, 15) is 22.8 Å². The standard InChI is InChI=1S/C23H25F3N4O2/c24-23(25,26)18-3-1-4-20(15-18)28-11-13-29(14-12-28)22(32)27-16-17-6-8-19(9-7-17)30-10-2-5-21(30)31/h1,3-4,6-9,15H,2,5,10-14,16H2,(H,27,32). The van der Waals surface area contributed by atoms with E-state index in [0.29, 0.717) is 44.8 Å². The fraction of sp³-hybridized carbons (Fsp3) is 0.391. The average molecular weight is 446 g/mol. The molecule has 2 heterocycles. The molecule has 0 aliphatic carbocycles. The number of urea groups is 1. The van der Waals surface area contributed by atoms with Crippen LogP contribution in [0.25, 0.3) is 0 Å². The number of alkyl halides is 3. The average Bonchev–Trinajstić information content (AvgIpc) is 3.23. The minimum absolute atomic E-state index is 0.135. The number of rotatable bonds is 4. The van der Waals surface area contributed by atoms with Gasteiger partial charge in [0.05, 0.1) is 5.56 Å². The first-order valence-corrected chi connectivity index (χ1v) is 10.7. The van der Waals surface area contributed by atoms with Crippen LogP contribution in [-0.2, 0) is 17.5 Å². The molecule has 2 fully saturated rings. The van der Waals surface area contributed by atoms with Crippen molar-refractivity contribution in [1.82, 2.24) is 10.2 Å². The van der Waals surface area contributed by atoms with Crippen LogP contribution in [0, 0.1) is 0 Å². The van der Waals surface area contributed by atoms with Gasteiger partial charge in [-0.2, -0.15) is 13.2 Å². The van der Waals surface area contributed by atoms with Gasteiger partial charge >= 0.3 is 12.2 Å². The number of amides is 3. The van der Waals surface area contributed by atoms with Gasteiger partial charge in [0.15, 0.2) is 0 Å². The summed E-state index contributed by atoms with van der Waals surface area (Å²) < 4.78 is 38.8. The molecule has 0 radical (unpaired) electrons. The number of hydrogen-bond acceptors (Lipinski definition) is 3. The lowest BCUT2D eigenvalue weighted by molar-refractivity contribution is -0.137. The van der Waals surface area contributed by atoms with Gasteiger partial charge < -0.3 is 20.0 Å². The van der Waals surface area contributed by atoms with Gasteiger partial charge in [-0.1, -0.05) is 18.2 Å². The van der Waals surface area contributed by atoms with Gasteiger partial charge in [0.2, 0.25) is 5.91 Å². The molecular weight excluding hydrogens is 421 g/mol. The number of hydrogen-bond donors (Lipinski definition) is 1. The zero-order chi connectivity index (χ0) is 22.7. The zero-order valence-electron chi connectivity index (χ0n) is 17.6. The van der Waals surface area contributed by atoms with Crippen LogP contribution in [0.15, 0.2) is 48.5 Å². The Morgan fingerprint density at radius 3 is 2.28 bits per heavy atom. The number of nitrogens with zero attached hydrogens (tertiary/aromatic N) is 3.